The molecule has 0 spiro atoms. The van der Waals surface area contributed by atoms with Gasteiger partial charge in [0.2, 0.25) is 0 Å². The van der Waals surface area contributed by atoms with Gasteiger partial charge in [0.15, 0.2) is 0 Å². The molecule has 6 rings (SSSR count). The topological polar surface area (TPSA) is 87.0 Å². The third kappa shape index (κ3) is 8.58. The molecule has 5 aromatic carbocycles. The predicted octanol–water partition coefficient (Wildman–Crippen LogP) is 8.36. The highest BCUT2D eigenvalue weighted by Gasteiger charge is 2.23. The predicted molar refractivity (Wildman–Crippen MR) is 183 cm³/mol. The van der Waals surface area contributed by atoms with Crippen molar-refractivity contribution in [2.45, 2.75) is 12.9 Å². The highest BCUT2D eigenvalue weighted by Crippen LogP contribution is 2.26. The minimum atomic E-state index is -1.37. The van der Waals surface area contributed by atoms with E-state index in [4.69, 9.17) is 42.5 Å². The van der Waals surface area contributed by atoms with Crippen LogP contribution in [-0.2, 0) is 11.4 Å². The molecule has 0 aliphatic rings. The first kappa shape index (κ1) is 31.4. The van der Waals surface area contributed by atoms with Crippen molar-refractivity contribution in [1.29, 1.82) is 0 Å². The van der Waals surface area contributed by atoms with Crippen LogP contribution in [0.5, 0.6) is 17.2 Å². The lowest BCUT2D eigenvalue weighted by Crippen LogP contribution is -2.40. The molecule has 0 saturated carbocycles. The fourth-order valence-electron chi connectivity index (χ4n) is 4.49. The Balaban J connectivity index is 1.21. The average Bonchev–Trinajstić information content (AvgIpc) is 3.54. The number of aromatic nitrogens is 2. The van der Waals surface area contributed by atoms with E-state index in [-0.39, 0.29) is 0 Å². The maximum Gasteiger partial charge on any atom is 0.323 e. The van der Waals surface area contributed by atoms with Crippen molar-refractivity contribution >= 4 is 35.3 Å². The summed E-state index contributed by atoms with van der Waals surface area (Å²) in [5.74, 6) is 0.864. The Labute approximate surface area is 281 Å². The first-order chi connectivity index (χ1) is 23.0. The molecule has 234 valence electrons. The Morgan fingerprint density at radius 1 is 0.745 bits per heavy atom. The van der Waals surface area contributed by atoms with Gasteiger partial charge in [-0.3, -0.25) is 4.79 Å². The van der Waals surface area contributed by atoms with E-state index in [1.807, 2.05) is 91.1 Å². The van der Waals surface area contributed by atoms with E-state index < -0.39 is 12.2 Å². The van der Waals surface area contributed by atoms with Gasteiger partial charge in [-0.1, -0.05) is 71.7 Å². The number of nitrogens with zero attached hydrogens (tertiary/aromatic N) is 3. The number of carbonyl (C=O) groups excluding carboxylic acids is 1. The van der Waals surface area contributed by atoms with Gasteiger partial charge in [0.05, 0.1) is 11.9 Å². The normalized spacial score (nSPS) is 11.0. The Morgan fingerprint density at radius 2 is 1.30 bits per heavy atom. The van der Waals surface area contributed by atoms with Gasteiger partial charge in [-0.2, -0.15) is 10.2 Å². The van der Waals surface area contributed by atoms with Gasteiger partial charge in [0.25, 0.3) is 0 Å². The summed E-state index contributed by atoms with van der Waals surface area (Å²) in [7, 11) is 0. The van der Waals surface area contributed by atoms with Gasteiger partial charge in [-0.15, -0.1) is 0 Å². The minimum absolute atomic E-state index is 0.384. The van der Waals surface area contributed by atoms with Crippen molar-refractivity contribution in [2.24, 2.45) is 5.10 Å². The maximum atomic E-state index is 13.3. The van der Waals surface area contributed by atoms with Crippen molar-refractivity contribution in [1.82, 2.24) is 15.2 Å². The molecule has 0 atom stereocenters. The van der Waals surface area contributed by atoms with Crippen LogP contribution in [0.2, 0.25) is 10.0 Å². The van der Waals surface area contributed by atoms with E-state index in [1.54, 1.807) is 53.2 Å². The molecule has 0 fully saturated rings. The first-order valence-corrected chi connectivity index (χ1v) is 15.4. The summed E-state index contributed by atoms with van der Waals surface area (Å²) in [5, 5.41) is 10.1. The largest absolute Gasteiger partial charge is 0.489 e. The maximum absolute atomic E-state index is 13.3. The van der Waals surface area contributed by atoms with Gasteiger partial charge in [0.1, 0.15) is 29.5 Å². The molecular formula is C37H28Cl2N4O4. The Morgan fingerprint density at radius 3 is 1.89 bits per heavy atom. The number of hydrogen-bond donors (Lipinski definition) is 1. The summed E-state index contributed by atoms with van der Waals surface area (Å²) >= 11 is 12.0. The zero-order chi connectivity index (χ0) is 32.4. The lowest BCUT2D eigenvalue weighted by molar-refractivity contribution is -0.140. The van der Waals surface area contributed by atoms with E-state index in [9.17, 15) is 4.79 Å². The molecule has 6 aromatic rings. The third-order valence-electron chi connectivity index (χ3n) is 6.85. The summed E-state index contributed by atoms with van der Waals surface area (Å²) in [6.45, 7) is 0.463. The van der Waals surface area contributed by atoms with Crippen LogP contribution in [-0.4, -0.2) is 28.2 Å². The SMILES string of the molecule is O=C(NN=Cc1cn(-c2ccccc2)nc1-c1ccc(OCc2ccccc2)cc1)C(Oc1ccc(Cl)cc1)Oc1ccc(Cl)cc1. The molecule has 10 heteroatoms. The van der Waals surface area contributed by atoms with Crippen LogP contribution >= 0.6 is 23.2 Å². The Bertz CT molecular complexity index is 1880. The molecular weight excluding hydrogens is 635 g/mol. The second-order valence-corrected chi connectivity index (χ2v) is 11.1. The lowest BCUT2D eigenvalue weighted by atomic mass is 10.1. The Hall–Kier alpha value is -5.57. The zero-order valence-corrected chi connectivity index (χ0v) is 26.4. The molecule has 0 bridgehead atoms. The van der Waals surface area contributed by atoms with Crippen LogP contribution in [0.25, 0.3) is 16.9 Å². The van der Waals surface area contributed by atoms with Crippen LogP contribution in [0.3, 0.4) is 0 Å². The highest BCUT2D eigenvalue weighted by atomic mass is 35.5. The number of amides is 1. The second-order valence-electron chi connectivity index (χ2n) is 10.2. The van der Waals surface area contributed by atoms with Crippen LogP contribution in [0.1, 0.15) is 11.1 Å². The molecule has 1 heterocycles. The molecule has 0 aliphatic carbocycles. The zero-order valence-electron chi connectivity index (χ0n) is 24.9. The fourth-order valence-corrected chi connectivity index (χ4v) is 4.74. The van der Waals surface area contributed by atoms with Gasteiger partial charge in [0, 0.05) is 27.4 Å². The van der Waals surface area contributed by atoms with Crippen molar-refractivity contribution in [3.05, 3.63) is 161 Å². The molecule has 0 unspecified atom stereocenters. The van der Waals surface area contributed by atoms with E-state index in [0.717, 1.165) is 22.6 Å². The molecule has 47 heavy (non-hydrogen) atoms. The van der Waals surface area contributed by atoms with Gasteiger partial charge in [-0.25, -0.2) is 10.1 Å². The number of ether oxygens (including phenoxy) is 3. The molecule has 1 aromatic heterocycles. The summed E-state index contributed by atoms with van der Waals surface area (Å²) in [6.07, 6.45) is 2.00. The first-order valence-electron chi connectivity index (χ1n) is 14.6. The fraction of sp³-hybridized carbons (Fsp3) is 0.0541. The van der Waals surface area contributed by atoms with E-state index in [1.165, 1.54) is 6.21 Å². The number of halogens is 2. The second kappa shape index (κ2) is 15.1. The van der Waals surface area contributed by atoms with Gasteiger partial charge in [-0.05, 0) is 90.5 Å². The van der Waals surface area contributed by atoms with Crippen LogP contribution < -0.4 is 19.6 Å². The summed E-state index contributed by atoms with van der Waals surface area (Å²) in [6, 6.07) is 40.5. The number of rotatable bonds is 12. The van der Waals surface area contributed by atoms with Crippen molar-refractivity contribution in [2.75, 3.05) is 0 Å². The van der Waals surface area contributed by atoms with Crippen LogP contribution in [0.4, 0.5) is 0 Å². The number of hydrazone groups is 1. The summed E-state index contributed by atoms with van der Waals surface area (Å²) < 4.78 is 19.4. The molecule has 0 saturated heterocycles. The smallest absolute Gasteiger partial charge is 0.323 e. The highest BCUT2D eigenvalue weighted by molar-refractivity contribution is 6.30. The molecule has 8 nitrogen and oxygen atoms in total. The lowest BCUT2D eigenvalue weighted by Gasteiger charge is -2.19. The van der Waals surface area contributed by atoms with E-state index in [0.29, 0.717) is 39.4 Å². The molecule has 1 N–H and O–H groups in total. The third-order valence-corrected chi connectivity index (χ3v) is 7.35. The monoisotopic (exact) mass is 662 g/mol. The number of benzene rings is 5. The Kier molecular flexibility index (Phi) is 10.1. The summed E-state index contributed by atoms with van der Waals surface area (Å²) in [5.41, 5.74) is 6.65. The molecule has 0 radical (unpaired) electrons. The van der Waals surface area contributed by atoms with Crippen LogP contribution in [0, 0.1) is 0 Å². The van der Waals surface area contributed by atoms with Crippen molar-refractivity contribution in [3.8, 4) is 34.2 Å². The van der Waals surface area contributed by atoms with Gasteiger partial charge >= 0.3 is 12.2 Å². The average molecular weight is 664 g/mol. The van der Waals surface area contributed by atoms with Gasteiger partial charge < -0.3 is 14.2 Å². The quantitative estimate of drug-likeness (QED) is 0.0808. The minimum Gasteiger partial charge on any atom is -0.489 e. The van der Waals surface area contributed by atoms with E-state index >= 15 is 0 Å². The number of nitrogens with one attached hydrogen (secondary N) is 1. The number of carbonyl (C=O) groups is 1. The molecule has 0 aliphatic heterocycles. The summed E-state index contributed by atoms with van der Waals surface area (Å²) in [4.78, 5) is 13.3. The van der Waals surface area contributed by atoms with Crippen molar-refractivity contribution in [3.63, 3.8) is 0 Å². The van der Waals surface area contributed by atoms with Crippen molar-refractivity contribution < 1.29 is 19.0 Å². The number of hydrogen-bond acceptors (Lipinski definition) is 6. The van der Waals surface area contributed by atoms with Crippen LogP contribution in [0.15, 0.2) is 145 Å². The standard InChI is InChI=1S/C37H28Cl2N4O4/c38-29-13-19-33(20-14-29)46-37(47-34-21-15-30(39)16-22-34)36(44)41-40-23-28-24-43(31-9-5-2-6-10-31)42-35(28)27-11-17-32(18-12-27)45-25-26-7-3-1-4-8-26/h1-24,37H,25H2,(H,41,44). The number of para-hydroxylation sites is 1. The van der Waals surface area contributed by atoms with E-state index in [2.05, 4.69) is 10.5 Å². The molecule has 1 amide bonds.